The van der Waals surface area contributed by atoms with Crippen molar-refractivity contribution in [3.05, 3.63) is 30.9 Å². The molecule has 1 heterocycles. The van der Waals surface area contributed by atoms with Crippen LogP contribution < -0.4 is 4.57 Å². The Kier molecular flexibility index (Phi) is 4.76. The molecule has 0 aliphatic heterocycles. The largest absolute Gasteiger partial charge is 0.462 e. The molecule has 0 N–H and O–H groups in total. The lowest BCUT2D eigenvalue weighted by molar-refractivity contribution is -0.671. The summed E-state index contributed by atoms with van der Waals surface area (Å²) in [6.45, 7) is 6.60. The first-order valence-electron chi connectivity index (χ1n) is 5.43. The van der Waals surface area contributed by atoms with Crippen molar-refractivity contribution in [3.63, 3.8) is 0 Å². The molecule has 0 saturated heterocycles. The molecule has 16 heavy (non-hydrogen) atoms. The highest BCUT2D eigenvalue weighted by Gasteiger charge is 2.03. The van der Waals surface area contributed by atoms with Gasteiger partial charge in [0.15, 0.2) is 0 Å². The monoisotopic (exact) mass is 223 g/mol. The van der Waals surface area contributed by atoms with Crippen LogP contribution in [-0.2, 0) is 23.1 Å². The minimum Gasteiger partial charge on any atom is -0.462 e. The van der Waals surface area contributed by atoms with Gasteiger partial charge in [-0.1, -0.05) is 6.58 Å². The average molecular weight is 223 g/mol. The summed E-state index contributed by atoms with van der Waals surface area (Å²) in [4.78, 5) is 11.0. The zero-order valence-corrected chi connectivity index (χ0v) is 9.98. The lowest BCUT2D eigenvalue weighted by Crippen LogP contribution is -2.23. The van der Waals surface area contributed by atoms with Gasteiger partial charge in [0.1, 0.15) is 12.4 Å². The summed E-state index contributed by atoms with van der Waals surface area (Å²) in [5.74, 6) is -0.299. The van der Waals surface area contributed by atoms with E-state index in [0.29, 0.717) is 12.2 Å². The molecule has 0 saturated carbocycles. The van der Waals surface area contributed by atoms with E-state index in [0.717, 1.165) is 19.4 Å². The van der Waals surface area contributed by atoms with Crippen LogP contribution in [-0.4, -0.2) is 17.1 Å². The van der Waals surface area contributed by atoms with Gasteiger partial charge >= 0.3 is 5.97 Å². The van der Waals surface area contributed by atoms with E-state index in [4.69, 9.17) is 4.74 Å². The van der Waals surface area contributed by atoms with E-state index in [1.54, 1.807) is 6.92 Å². The fourth-order valence-electron chi connectivity index (χ4n) is 1.32. The van der Waals surface area contributed by atoms with Crippen LogP contribution in [0.2, 0.25) is 0 Å². The second-order valence-corrected chi connectivity index (χ2v) is 3.94. The number of carbonyl (C=O) groups is 1. The third-order valence-electron chi connectivity index (χ3n) is 2.22. The zero-order chi connectivity index (χ0) is 12.0. The van der Waals surface area contributed by atoms with Crippen LogP contribution in [0.1, 0.15) is 19.8 Å². The third kappa shape index (κ3) is 4.29. The summed E-state index contributed by atoms with van der Waals surface area (Å²) in [6, 6.07) is 0. The van der Waals surface area contributed by atoms with Crippen molar-refractivity contribution in [1.82, 2.24) is 4.57 Å². The molecule has 88 valence electrons. The van der Waals surface area contributed by atoms with Gasteiger partial charge in [0.05, 0.1) is 20.2 Å². The van der Waals surface area contributed by atoms with Crippen LogP contribution >= 0.6 is 0 Å². The first kappa shape index (κ1) is 12.5. The number of aromatic nitrogens is 2. The van der Waals surface area contributed by atoms with Gasteiger partial charge in [-0.3, -0.25) is 0 Å². The lowest BCUT2D eigenvalue weighted by Gasteiger charge is -2.02. The van der Waals surface area contributed by atoms with Gasteiger partial charge in [-0.15, -0.1) is 0 Å². The molecule has 0 atom stereocenters. The fraction of sp³-hybridized carbons (Fsp3) is 0.500. The van der Waals surface area contributed by atoms with E-state index in [9.17, 15) is 4.79 Å². The smallest absolute Gasteiger partial charge is 0.333 e. The van der Waals surface area contributed by atoms with Crippen molar-refractivity contribution in [2.24, 2.45) is 7.05 Å². The Balaban J connectivity index is 2.08. The van der Waals surface area contributed by atoms with Crippen molar-refractivity contribution in [3.8, 4) is 0 Å². The minimum atomic E-state index is -0.299. The molecule has 0 bridgehead atoms. The second kappa shape index (κ2) is 6.10. The van der Waals surface area contributed by atoms with E-state index in [-0.39, 0.29) is 5.97 Å². The average Bonchev–Trinajstić information content (AvgIpc) is 2.63. The highest BCUT2D eigenvalue weighted by Crippen LogP contribution is 1.98. The summed E-state index contributed by atoms with van der Waals surface area (Å²) in [6.07, 6.45) is 7.93. The topological polar surface area (TPSA) is 35.1 Å². The van der Waals surface area contributed by atoms with Crippen LogP contribution in [0.5, 0.6) is 0 Å². The third-order valence-corrected chi connectivity index (χ3v) is 2.22. The Labute approximate surface area is 96.2 Å². The van der Waals surface area contributed by atoms with Gasteiger partial charge in [-0.25, -0.2) is 13.9 Å². The predicted molar refractivity (Wildman–Crippen MR) is 60.6 cm³/mol. The zero-order valence-electron chi connectivity index (χ0n) is 9.98. The normalized spacial score (nSPS) is 10.1. The number of esters is 1. The standard InChI is InChI=1S/C12H19N2O2/c1-11(2)12(15)16-9-5-4-6-14-8-7-13(3)10-14/h7-8,10H,1,4-6,9H2,2-3H3/q+1. The molecule has 4 heteroatoms. The van der Waals surface area contributed by atoms with Crippen molar-refractivity contribution >= 4 is 5.97 Å². The van der Waals surface area contributed by atoms with E-state index in [1.165, 1.54) is 0 Å². The first-order chi connectivity index (χ1) is 7.59. The maximum atomic E-state index is 11.0. The number of carbonyl (C=O) groups excluding carboxylic acids is 1. The minimum absolute atomic E-state index is 0.299. The van der Waals surface area contributed by atoms with Crippen LogP contribution in [0.3, 0.4) is 0 Å². The van der Waals surface area contributed by atoms with E-state index >= 15 is 0 Å². The molecule has 1 aromatic rings. The highest BCUT2D eigenvalue weighted by molar-refractivity contribution is 5.86. The number of rotatable bonds is 6. The molecule has 0 radical (unpaired) electrons. The molecule has 0 aliphatic carbocycles. The number of imidazole rings is 1. The van der Waals surface area contributed by atoms with Crippen LogP contribution in [0.25, 0.3) is 0 Å². The van der Waals surface area contributed by atoms with Gasteiger partial charge in [0, 0.05) is 5.57 Å². The Morgan fingerprint density at radius 2 is 2.25 bits per heavy atom. The molecular formula is C12H19N2O2+. The maximum Gasteiger partial charge on any atom is 0.333 e. The van der Waals surface area contributed by atoms with Gasteiger partial charge in [-0.05, 0) is 19.8 Å². The molecular weight excluding hydrogens is 204 g/mol. The van der Waals surface area contributed by atoms with Crippen molar-refractivity contribution in [2.45, 2.75) is 26.3 Å². The van der Waals surface area contributed by atoms with Crippen molar-refractivity contribution in [1.29, 1.82) is 0 Å². The first-order valence-corrected chi connectivity index (χ1v) is 5.43. The van der Waals surface area contributed by atoms with Crippen molar-refractivity contribution < 1.29 is 14.1 Å². The summed E-state index contributed by atoms with van der Waals surface area (Å²) >= 11 is 0. The Morgan fingerprint density at radius 1 is 1.50 bits per heavy atom. The van der Waals surface area contributed by atoms with E-state index in [1.807, 2.05) is 30.3 Å². The molecule has 0 aromatic carbocycles. The fourth-order valence-corrected chi connectivity index (χ4v) is 1.32. The van der Waals surface area contributed by atoms with Gasteiger partial charge in [0.2, 0.25) is 6.33 Å². The van der Waals surface area contributed by atoms with Crippen LogP contribution in [0.4, 0.5) is 0 Å². The van der Waals surface area contributed by atoms with Gasteiger partial charge in [-0.2, -0.15) is 0 Å². The Morgan fingerprint density at radius 3 is 2.81 bits per heavy atom. The summed E-state index contributed by atoms with van der Waals surface area (Å²) in [5, 5.41) is 0. The van der Waals surface area contributed by atoms with Crippen LogP contribution in [0, 0.1) is 0 Å². The van der Waals surface area contributed by atoms with Crippen LogP contribution in [0.15, 0.2) is 30.9 Å². The molecule has 0 unspecified atom stereocenters. The number of aryl methyl sites for hydroxylation is 2. The van der Waals surface area contributed by atoms with E-state index in [2.05, 4.69) is 11.1 Å². The molecule has 0 amide bonds. The lowest BCUT2D eigenvalue weighted by atomic mass is 10.3. The second-order valence-electron chi connectivity index (χ2n) is 3.94. The molecule has 1 aromatic heterocycles. The molecule has 1 rings (SSSR count). The number of ether oxygens (including phenoxy) is 1. The number of hydrogen-bond acceptors (Lipinski definition) is 2. The number of hydrogen-bond donors (Lipinski definition) is 0. The molecule has 4 nitrogen and oxygen atoms in total. The summed E-state index contributed by atoms with van der Waals surface area (Å²) < 4.78 is 9.11. The maximum absolute atomic E-state index is 11.0. The van der Waals surface area contributed by atoms with Gasteiger partial charge in [0.25, 0.3) is 0 Å². The number of unbranched alkanes of at least 4 members (excludes halogenated alkanes) is 1. The quantitative estimate of drug-likeness (QED) is 0.314. The summed E-state index contributed by atoms with van der Waals surface area (Å²) in [7, 11) is 1.99. The predicted octanol–water partition coefficient (Wildman–Crippen LogP) is 1.21. The molecule has 0 spiro atoms. The highest BCUT2D eigenvalue weighted by atomic mass is 16.5. The Bertz CT molecular complexity index is 369. The Hall–Kier alpha value is -1.58. The summed E-state index contributed by atoms with van der Waals surface area (Å²) in [5.41, 5.74) is 0.456. The number of nitrogens with zero attached hydrogens (tertiary/aromatic N) is 2. The van der Waals surface area contributed by atoms with E-state index < -0.39 is 0 Å². The SMILES string of the molecule is C=C(C)C(=O)OCCCCn1cc[n+](C)c1. The van der Waals surface area contributed by atoms with Gasteiger partial charge < -0.3 is 4.74 Å². The molecule has 0 aliphatic rings. The molecule has 0 fully saturated rings. The van der Waals surface area contributed by atoms with Crippen molar-refractivity contribution in [2.75, 3.05) is 6.61 Å².